The molecule has 6 nitrogen and oxygen atoms in total. The Morgan fingerprint density at radius 3 is 2.66 bits per heavy atom. The van der Waals surface area contributed by atoms with Crippen LogP contribution in [0.2, 0.25) is 5.02 Å². The number of rotatable bonds is 2. The second-order valence-electron chi connectivity index (χ2n) is 7.52. The van der Waals surface area contributed by atoms with Crippen molar-refractivity contribution in [3.8, 4) is 22.8 Å². The molecule has 0 amide bonds. The lowest BCUT2D eigenvalue weighted by Gasteiger charge is -2.43. The van der Waals surface area contributed by atoms with Crippen molar-refractivity contribution in [1.29, 1.82) is 0 Å². The third kappa shape index (κ3) is 3.19. The molecule has 0 spiro atoms. The lowest BCUT2D eigenvalue weighted by Crippen LogP contribution is -2.53. The molecule has 0 unspecified atom stereocenters. The molecule has 3 N–H and O–H groups in total. The van der Waals surface area contributed by atoms with Crippen LogP contribution in [0.5, 0.6) is 11.5 Å². The quantitative estimate of drug-likeness (QED) is 0.561. The van der Waals surface area contributed by atoms with E-state index in [0.29, 0.717) is 23.6 Å². The van der Waals surface area contributed by atoms with E-state index in [-0.39, 0.29) is 34.6 Å². The van der Waals surface area contributed by atoms with Gasteiger partial charge in [0, 0.05) is 29.8 Å². The number of likely N-dealkylation sites (N-methyl/N-ethyl adjacent to an activating group) is 1. The van der Waals surface area contributed by atoms with Gasteiger partial charge < -0.3 is 24.6 Å². The van der Waals surface area contributed by atoms with Crippen LogP contribution in [0.1, 0.15) is 12.0 Å². The second kappa shape index (κ2) is 7.09. The molecule has 1 aromatic heterocycles. The topological polar surface area (TPSA) is 94.1 Å². The van der Waals surface area contributed by atoms with Gasteiger partial charge in [0.2, 0.25) is 0 Å². The van der Waals surface area contributed by atoms with E-state index >= 15 is 0 Å². The fourth-order valence-electron chi connectivity index (χ4n) is 3.93. The first-order chi connectivity index (χ1) is 13.7. The summed E-state index contributed by atoms with van der Waals surface area (Å²) in [6.45, 7) is 0.858. The zero-order chi connectivity index (χ0) is 20.9. The van der Waals surface area contributed by atoms with Gasteiger partial charge in [-0.25, -0.2) is 0 Å². The molecule has 0 bridgehead atoms. The van der Waals surface area contributed by atoms with Crippen molar-refractivity contribution >= 4 is 30.4 Å². The number of phenolic OH excluding ortho intramolecular Hbond substituents is 2. The normalized spacial score (nSPS) is 22.8. The summed E-state index contributed by atoms with van der Waals surface area (Å²) >= 11 is 6.25. The predicted molar refractivity (Wildman–Crippen MR) is 112 cm³/mol. The van der Waals surface area contributed by atoms with Crippen molar-refractivity contribution in [2.24, 2.45) is 0 Å². The van der Waals surface area contributed by atoms with Crippen LogP contribution in [-0.2, 0) is 5.31 Å². The number of aromatic hydroxyl groups is 2. The van der Waals surface area contributed by atoms with Gasteiger partial charge in [-0.15, -0.1) is 0 Å². The molecule has 1 saturated heterocycles. The smallest absolute Gasteiger partial charge is 0.197 e. The van der Waals surface area contributed by atoms with E-state index in [9.17, 15) is 20.1 Å². The summed E-state index contributed by atoms with van der Waals surface area (Å²) < 4.78 is 5.99. The van der Waals surface area contributed by atoms with Gasteiger partial charge in [0.05, 0.1) is 19.0 Å². The SMILES string of the molecule is [B][C@]1(c2c(O)cc(O)c3c(=O)cc(-c4ccccc4Cl)oc23)CCN(C)C[C@H]1O. The Morgan fingerprint density at radius 1 is 1.24 bits per heavy atom. The first-order valence-corrected chi connectivity index (χ1v) is 9.54. The van der Waals surface area contributed by atoms with Crippen LogP contribution in [0.15, 0.2) is 45.6 Å². The monoisotopic (exact) mass is 411 g/mol. The Hall–Kier alpha value is -2.48. The van der Waals surface area contributed by atoms with E-state index in [1.54, 1.807) is 24.3 Å². The van der Waals surface area contributed by atoms with Crippen molar-refractivity contribution in [2.45, 2.75) is 17.8 Å². The van der Waals surface area contributed by atoms with Crippen molar-refractivity contribution < 1.29 is 19.7 Å². The molecule has 2 radical (unpaired) electrons. The molecule has 2 atom stereocenters. The molecule has 1 aliphatic rings. The molecule has 4 rings (SSSR count). The van der Waals surface area contributed by atoms with Crippen LogP contribution >= 0.6 is 11.6 Å². The van der Waals surface area contributed by atoms with Crippen molar-refractivity contribution in [2.75, 3.05) is 20.1 Å². The Balaban J connectivity index is 2.05. The number of fused-ring (bicyclic) bond motifs is 1. The number of aliphatic hydroxyl groups is 1. The number of aliphatic hydroxyl groups excluding tert-OH is 1. The summed E-state index contributed by atoms with van der Waals surface area (Å²) in [5, 5.41) is 30.6. The van der Waals surface area contributed by atoms with Gasteiger partial charge in [0.1, 0.15) is 28.2 Å². The first kappa shape index (κ1) is 19.8. The Labute approximate surface area is 173 Å². The van der Waals surface area contributed by atoms with Crippen molar-refractivity contribution in [3.05, 3.63) is 57.2 Å². The summed E-state index contributed by atoms with van der Waals surface area (Å²) in [6.07, 6.45) is -0.702. The molecule has 3 aromatic rings. The highest BCUT2D eigenvalue weighted by Gasteiger charge is 2.42. The van der Waals surface area contributed by atoms with Crippen LogP contribution in [0.25, 0.3) is 22.3 Å². The lowest BCUT2D eigenvalue weighted by atomic mass is 9.56. The van der Waals surface area contributed by atoms with E-state index in [1.807, 2.05) is 11.9 Å². The largest absolute Gasteiger partial charge is 0.507 e. The van der Waals surface area contributed by atoms with Gasteiger partial charge >= 0.3 is 0 Å². The summed E-state index contributed by atoms with van der Waals surface area (Å²) in [7, 11) is 8.42. The number of hydrogen-bond donors (Lipinski definition) is 3. The Bertz CT molecular complexity index is 1160. The van der Waals surface area contributed by atoms with Crippen LogP contribution in [-0.4, -0.2) is 54.3 Å². The third-order valence-corrected chi connectivity index (χ3v) is 5.88. The van der Waals surface area contributed by atoms with E-state index in [2.05, 4.69) is 0 Å². The molecule has 1 fully saturated rings. The average molecular weight is 412 g/mol. The number of β-amino-alcohol motifs (C(OH)–C–C–N with tert-alkyl or cyclic N) is 1. The average Bonchev–Trinajstić information content (AvgIpc) is 2.65. The molecule has 148 valence electrons. The lowest BCUT2D eigenvalue weighted by molar-refractivity contribution is 0.0447. The zero-order valence-corrected chi connectivity index (χ0v) is 16.5. The number of nitrogens with zero attached hydrogens (tertiary/aromatic N) is 1. The van der Waals surface area contributed by atoms with Gasteiger partial charge in [0.15, 0.2) is 5.43 Å². The zero-order valence-electron chi connectivity index (χ0n) is 15.7. The van der Waals surface area contributed by atoms with Gasteiger partial charge in [-0.3, -0.25) is 4.79 Å². The predicted octanol–water partition coefficient (Wildman–Crippen LogP) is 2.58. The highest BCUT2D eigenvalue weighted by Crippen LogP contribution is 2.45. The van der Waals surface area contributed by atoms with E-state index < -0.39 is 22.6 Å². The minimum absolute atomic E-state index is 0.0592. The molecule has 8 heteroatoms. The maximum absolute atomic E-state index is 12.8. The molecule has 1 aliphatic heterocycles. The Kier molecular flexibility index (Phi) is 4.85. The minimum Gasteiger partial charge on any atom is -0.507 e. The van der Waals surface area contributed by atoms with Crippen LogP contribution in [0.3, 0.4) is 0 Å². The summed E-state index contributed by atoms with van der Waals surface area (Å²) in [5.74, 6) is -0.599. The molecule has 29 heavy (non-hydrogen) atoms. The van der Waals surface area contributed by atoms with E-state index in [4.69, 9.17) is 23.9 Å². The third-order valence-electron chi connectivity index (χ3n) is 5.55. The van der Waals surface area contributed by atoms with Gasteiger partial charge in [-0.05, 0) is 37.5 Å². The van der Waals surface area contributed by atoms with Crippen molar-refractivity contribution in [3.63, 3.8) is 0 Å². The maximum Gasteiger partial charge on any atom is 0.197 e. The molecule has 0 aliphatic carbocycles. The minimum atomic E-state index is -1.36. The molecule has 2 aromatic carbocycles. The highest BCUT2D eigenvalue weighted by atomic mass is 35.5. The van der Waals surface area contributed by atoms with Crippen LogP contribution < -0.4 is 5.43 Å². The first-order valence-electron chi connectivity index (χ1n) is 9.16. The maximum atomic E-state index is 12.8. The Morgan fingerprint density at radius 2 is 1.97 bits per heavy atom. The number of piperidine rings is 1. The van der Waals surface area contributed by atoms with Gasteiger partial charge in [0.25, 0.3) is 0 Å². The standard InChI is InChI=1S/C21H19BClNO5/c1-24-7-6-21(22,17(28)10-24)19-15(27)8-13(25)18-14(26)9-16(29-20(18)19)11-4-2-3-5-12(11)23/h2-5,8-9,17,25,27-28H,6-7,10H2,1H3/t17-,21-/m1/s1. The van der Waals surface area contributed by atoms with E-state index in [1.165, 1.54) is 6.07 Å². The fourth-order valence-corrected chi connectivity index (χ4v) is 4.16. The summed E-state index contributed by atoms with van der Waals surface area (Å²) in [4.78, 5) is 14.8. The molecule has 0 saturated carbocycles. The van der Waals surface area contributed by atoms with Gasteiger partial charge in [-0.2, -0.15) is 0 Å². The van der Waals surface area contributed by atoms with E-state index in [0.717, 1.165) is 6.07 Å². The number of halogens is 1. The fraction of sp³-hybridized carbons (Fsp3) is 0.286. The second-order valence-corrected chi connectivity index (χ2v) is 7.92. The van der Waals surface area contributed by atoms with Gasteiger partial charge in [-0.1, -0.05) is 23.7 Å². The number of hydrogen-bond acceptors (Lipinski definition) is 6. The molecule has 2 heterocycles. The number of likely N-dealkylation sites (tertiary alicyclic amines) is 1. The molecular formula is C21H19BClNO5. The summed E-state index contributed by atoms with van der Waals surface area (Å²) in [5.41, 5.74) is 0.0100. The van der Waals surface area contributed by atoms with Crippen LogP contribution in [0.4, 0.5) is 0 Å². The molecular weight excluding hydrogens is 392 g/mol. The van der Waals surface area contributed by atoms with Crippen LogP contribution in [0, 0.1) is 0 Å². The highest BCUT2D eigenvalue weighted by molar-refractivity contribution is 6.33. The number of benzene rings is 2. The summed E-state index contributed by atoms with van der Waals surface area (Å²) in [6, 6.07) is 9.14. The number of phenols is 2. The van der Waals surface area contributed by atoms with Crippen molar-refractivity contribution in [1.82, 2.24) is 4.90 Å².